The van der Waals surface area contributed by atoms with Gasteiger partial charge >= 0.3 is 0 Å². The number of fused-ring (bicyclic) bond motifs is 1. The van der Waals surface area contributed by atoms with Crippen molar-refractivity contribution in [1.29, 1.82) is 0 Å². The number of nitrogens with zero attached hydrogens (tertiary/aromatic N) is 5. The molecular weight excluding hydrogens is 332 g/mol. The number of piperazine rings is 1. The van der Waals surface area contributed by atoms with E-state index in [-0.39, 0.29) is 0 Å². The lowest BCUT2D eigenvalue weighted by atomic mass is 10.0. The molecule has 1 aromatic heterocycles. The Morgan fingerprint density at radius 2 is 1.88 bits per heavy atom. The van der Waals surface area contributed by atoms with Gasteiger partial charge in [-0.2, -0.15) is 0 Å². The summed E-state index contributed by atoms with van der Waals surface area (Å²) in [5.41, 5.74) is 7.66. The second-order valence-electron chi connectivity index (χ2n) is 6.27. The van der Waals surface area contributed by atoms with Gasteiger partial charge in [0.2, 0.25) is 5.95 Å². The molecule has 0 radical (unpaired) electrons. The van der Waals surface area contributed by atoms with Crippen molar-refractivity contribution in [3.63, 3.8) is 0 Å². The van der Waals surface area contributed by atoms with Crippen LogP contribution in [0.1, 0.15) is 11.5 Å². The standard InChI is InChI=1S/C18H22N6S/c19-17(22-12-14-13-25-16-5-2-1-4-15(14)16)23-8-10-24(11-9-23)18-20-6-3-7-21-18/h1-7,14H,8-13H2,(H2,19,22). The second-order valence-corrected chi connectivity index (χ2v) is 7.33. The number of aliphatic imine (C=N–C) groups is 1. The molecule has 6 nitrogen and oxygen atoms in total. The van der Waals surface area contributed by atoms with Crippen LogP contribution in [0.2, 0.25) is 0 Å². The molecule has 1 atom stereocenters. The van der Waals surface area contributed by atoms with E-state index < -0.39 is 0 Å². The molecule has 1 aromatic carbocycles. The molecule has 0 amide bonds. The molecule has 2 aromatic rings. The highest BCUT2D eigenvalue weighted by molar-refractivity contribution is 7.99. The first kappa shape index (κ1) is 16.2. The van der Waals surface area contributed by atoms with Gasteiger partial charge in [0, 0.05) is 55.1 Å². The summed E-state index contributed by atoms with van der Waals surface area (Å²) in [5.74, 6) is 3.01. The Balaban J connectivity index is 1.33. The molecule has 1 fully saturated rings. The number of benzene rings is 1. The lowest BCUT2D eigenvalue weighted by Gasteiger charge is -2.35. The van der Waals surface area contributed by atoms with Crippen molar-refractivity contribution in [1.82, 2.24) is 14.9 Å². The fourth-order valence-corrected chi connectivity index (χ4v) is 4.52. The number of guanidine groups is 1. The lowest BCUT2D eigenvalue weighted by Crippen LogP contribution is -2.51. The number of aromatic nitrogens is 2. The summed E-state index contributed by atoms with van der Waals surface area (Å²) in [5, 5.41) is 0. The first-order chi connectivity index (χ1) is 12.3. The van der Waals surface area contributed by atoms with Gasteiger partial charge in [-0.1, -0.05) is 18.2 Å². The van der Waals surface area contributed by atoms with Gasteiger partial charge in [0.25, 0.3) is 0 Å². The molecule has 7 heteroatoms. The van der Waals surface area contributed by atoms with Gasteiger partial charge in [-0.3, -0.25) is 4.99 Å². The van der Waals surface area contributed by atoms with Crippen molar-refractivity contribution in [3.05, 3.63) is 48.3 Å². The Hall–Kier alpha value is -2.28. The number of rotatable bonds is 3. The average Bonchev–Trinajstić information content (AvgIpc) is 3.10. The number of nitrogens with two attached hydrogens (primary N) is 1. The highest BCUT2D eigenvalue weighted by atomic mass is 32.2. The normalized spacial score (nSPS) is 20.6. The number of hydrogen-bond donors (Lipinski definition) is 1. The van der Waals surface area contributed by atoms with Crippen molar-refractivity contribution < 1.29 is 0 Å². The summed E-state index contributed by atoms with van der Waals surface area (Å²) in [7, 11) is 0. The molecule has 0 aliphatic carbocycles. The molecule has 2 N–H and O–H groups in total. The zero-order valence-electron chi connectivity index (χ0n) is 14.1. The molecule has 130 valence electrons. The van der Waals surface area contributed by atoms with Crippen LogP contribution in [-0.2, 0) is 0 Å². The minimum Gasteiger partial charge on any atom is -0.370 e. The summed E-state index contributed by atoms with van der Waals surface area (Å²) in [6.07, 6.45) is 3.56. The van der Waals surface area contributed by atoms with Crippen LogP contribution in [0.15, 0.2) is 52.6 Å². The van der Waals surface area contributed by atoms with E-state index in [2.05, 4.69) is 49.0 Å². The van der Waals surface area contributed by atoms with Gasteiger partial charge in [0.15, 0.2) is 5.96 Å². The van der Waals surface area contributed by atoms with E-state index in [1.165, 1.54) is 10.5 Å². The maximum absolute atomic E-state index is 6.25. The maximum Gasteiger partial charge on any atom is 0.225 e. The molecule has 1 saturated heterocycles. The van der Waals surface area contributed by atoms with Gasteiger partial charge in [0.1, 0.15) is 0 Å². The van der Waals surface area contributed by atoms with E-state index in [1.807, 2.05) is 17.8 Å². The average molecular weight is 354 g/mol. The van der Waals surface area contributed by atoms with Gasteiger partial charge < -0.3 is 15.5 Å². The van der Waals surface area contributed by atoms with Crippen LogP contribution >= 0.6 is 11.8 Å². The van der Waals surface area contributed by atoms with Crippen molar-refractivity contribution in [2.75, 3.05) is 43.4 Å². The third-order valence-electron chi connectivity index (χ3n) is 4.71. The van der Waals surface area contributed by atoms with Gasteiger partial charge in [0.05, 0.1) is 6.54 Å². The summed E-state index contributed by atoms with van der Waals surface area (Å²) in [6.45, 7) is 4.19. The summed E-state index contributed by atoms with van der Waals surface area (Å²) >= 11 is 1.92. The quantitative estimate of drug-likeness (QED) is 0.669. The smallest absolute Gasteiger partial charge is 0.225 e. The zero-order chi connectivity index (χ0) is 17.1. The monoisotopic (exact) mass is 354 g/mol. The van der Waals surface area contributed by atoms with E-state index >= 15 is 0 Å². The topological polar surface area (TPSA) is 70.6 Å². The Morgan fingerprint density at radius 1 is 1.12 bits per heavy atom. The first-order valence-electron chi connectivity index (χ1n) is 8.60. The summed E-state index contributed by atoms with van der Waals surface area (Å²) < 4.78 is 0. The van der Waals surface area contributed by atoms with E-state index in [9.17, 15) is 0 Å². The van der Waals surface area contributed by atoms with E-state index in [4.69, 9.17) is 5.73 Å². The molecule has 3 heterocycles. The molecule has 0 saturated carbocycles. The Kier molecular flexibility index (Phi) is 4.74. The van der Waals surface area contributed by atoms with Crippen LogP contribution in [0.5, 0.6) is 0 Å². The predicted molar refractivity (Wildman–Crippen MR) is 102 cm³/mol. The third kappa shape index (κ3) is 3.56. The molecule has 0 bridgehead atoms. The molecule has 2 aliphatic rings. The molecule has 4 rings (SSSR count). The predicted octanol–water partition coefficient (Wildman–Crippen LogP) is 1.80. The van der Waals surface area contributed by atoms with Gasteiger partial charge in [-0.25, -0.2) is 9.97 Å². The minimum absolute atomic E-state index is 0.471. The Bertz CT molecular complexity index is 742. The lowest BCUT2D eigenvalue weighted by molar-refractivity contribution is 0.378. The van der Waals surface area contributed by atoms with Crippen LogP contribution in [0, 0.1) is 0 Å². The van der Waals surface area contributed by atoms with Crippen LogP contribution < -0.4 is 10.6 Å². The maximum atomic E-state index is 6.25. The van der Waals surface area contributed by atoms with Crippen LogP contribution in [-0.4, -0.2) is 59.3 Å². The largest absolute Gasteiger partial charge is 0.370 e. The highest BCUT2D eigenvalue weighted by Crippen LogP contribution is 2.39. The Labute approximate surface area is 152 Å². The number of hydrogen-bond acceptors (Lipinski definition) is 5. The Morgan fingerprint density at radius 3 is 2.68 bits per heavy atom. The molecule has 2 aliphatic heterocycles. The summed E-state index contributed by atoms with van der Waals surface area (Å²) in [6, 6.07) is 10.4. The van der Waals surface area contributed by atoms with Crippen molar-refractivity contribution in [2.45, 2.75) is 10.8 Å². The third-order valence-corrected chi connectivity index (χ3v) is 5.96. The SMILES string of the molecule is NC(=NCC1CSc2ccccc21)N1CCN(c2ncccn2)CC1. The van der Waals surface area contributed by atoms with Crippen LogP contribution in [0.4, 0.5) is 5.95 Å². The number of thioether (sulfide) groups is 1. The first-order valence-corrected chi connectivity index (χ1v) is 9.58. The minimum atomic E-state index is 0.471. The van der Waals surface area contributed by atoms with Crippen molar-refractivity contribution in [3.8, 4) is 0 Å². The molecule has 25 heavy (non-hydrogen) atoms. The zero-order valence-corrected chi connectivity index (χ0v) is 14.9. The molecular formula is C18H22N6S. The van der Waals surface area contributed by atoms with Gasteiger partial charge in [-0.15, -0.1) is 11.8 Å². The van der Waals surface area contributed by atoms with Crippen molar-refractivity contribution in [2.24, 2.45) is 10.7 Å². The molecule has 0 spiro atoms. The van der Waals surface area contributed by atoms with Crippen LogP contribution in [0.3, 0.4) is 0 Å². The fraction of sp³-hybridized carbons (Fsp3) is 0.389. The van der Waals surface area contributed by atoms with Crippen LogP contribution in [0.25, 0.3) is 0 Å². The summed E-state index contributed by atoms with van der Waals surface area (Å²) in [4.78, 5) is 19.0. The van der Waals surface area contributed by atoms with Gasteiger partial charge in [-0.05, 0) is 17.7 Å². The number of anilines is 1. The van der Waals surface area contributed by atoms with E-state index in [1.54, 1.807) is 12.4 Å². The van der Waals surface area contributed by atoms with E-state index in [0.29, 0.717) is 11.9 Å². The molecule has 1 unspecified atom stereocenters. The second kappa shape index (κ2) is 7.31. The fourth-order valence-electron chi connectivity index (χ4n) is 3.27. The van der Waals surface area contributed by atoms with Crippen molar-refractivity contribution >= 4 is 23.7 Å². The highest BCUT2D eigenvalue weighted by Gasteiger charge is 2.23. The van der Waals surface area contributed by atoms with E-state index in [0.717, 1.165) is 44.4 Å².